The summed E-state index contributed by atoms with van der Waals surface area (Å²) < 4.78 is 34.1. The van der Waals surface area contributed by atoms with Crippen molar-refractivity contribution >= 4 is 35.1 Å². The SMILES string of the molecule is CC1NCCN(NC(=O)C2CC34CCC(O3)C(C(=O)Nc3cc(F)cc(Cl)n3)C4C(=O)N2CN2CCN(F)CC2)C1C. The number of amides is 3. The molecule has 6 heterocycles. The predicted octanol–water partition coefficient (Wildman–Crippen LogP) is 0.750. The zero-order valence-electron chi connectivity index (χ0n) is 23.7. The molecule has 230 valence electrons. The van der Waals surface area contributed by atoms with Crippen molar-refractivity contribution in [1.82, 2.24) is 35.7 Å². The van der Waals surface area contributed by atoms with Gasteiger partial charge in [-0.05, 0) is 26.7 Å². The van der Waals surface area contributed by atoms with Gasteiger partial charge in [-0.15, -0.1) is 9.60 Å². The van der Waals surface area contributed by atoms with Crippen molar-refractivity contribution in [2.24, 2.45) is 11.8 Å². The lowest BCUT2D eigenvalue weighted by Gasteiger charge is -2.49. The van der Waals surface area contributed by atoms with Gasteiger partial charge in [0.2, 0.25) is 11.8 Å². The highest BCUT2D eigenvalue weighted by atomic mass is 35.5. The van der Waals surface area contributed by atoms with Crippen LogP contribution in [0.25, 0.3) is 0 Å². The van der Waals surface area contributed by atoms with Gasteiger partial charge in [-0.3, -0.25) is 24.7 Å². The fourth-order valence-electron chi connectivity index (χ4n) is 7.23. The zero-order valence-corrected chi connectivity index (χ0v) is 24.4. The number of piperidine rings is 1. The van der Waals surface area contributed by atoms with Crippen molar-refractivity contribution in [3.8, 4) is 0 Å². The summed E-state index contributed by atoms with van der Waals surface area (Å²) in [6, 6.07) is 1.46. The van der Waals surface area contributed by atoms with E-state index in [2.05, 4.69) is 28.0 Å². The number of rotatable bonds is 6. The molecule has 0 radical (unpaired) electrons. The Morgan fingerprint density at radius 3 is 2.69 bits per heavy atom. The number of hydrazine groups is 1. The van der Waals surface area contributed by atoms with E-state index in [1.807, 2.05) is 16.8 Å². The molecule has 2 bridgehead atoms. The van der Waals surface area contributed by atoms with Crippen LogP contribution in [0.5, 0.6) is 0 Å². The first-order chi connectivity index (χ1) is 20.0. The zero-order chi connectivity index (χ0) is 29.8. The van der Waals surface area contributed by atoms with Gasteiger partial charge < -0.3 is 20.3 Å². The summed E-state index contributed by atoms with van der Waals surface area (Å²) in [5.74, 6) is -3.54. The predicted molar refractivity (Wildman–Crippen MR) is 148 cm³/mol. The van der Waals surface area contributed by atoms with E-state index in [0.29, 0.717) is 39.0 Å². The molecule has 12 nitrogen and oxygen atoms in total. The standard InChI is InChI=1S/C27H37ClF2N8O4/c1-15-16(2)38(6-5-31-15)34-24(39)18-13-27-4-3-19(42-27)22(25(40)33-21-12-17(29)11-20(28)32-21)23(27)26(41)37(18)14-35-7-9-36(30)10-8-35/h11-12,15-16,18-19,22-23,31H,3-10,13-14H2,1-2H3,(H,34,39)(H,32,33,40). The van der Waals surface area contributed by atoms with Gasteiger partial charge in [-0.1, -0.05) is 11.6 Å². The number of ether oxygens (including phenoxy) is 1. The second-order valence-corrected chi connectivity index (χ2v) is 12.5. The van der Waals surface area contributed by atoms with Gasteiger partial charge in [0.25, 0.3) is 5.91 Å². The fraction of sp³-hybridized carbons (Fsp3) is 0.704. The Hall–Kier alpha value is -2.49. The van der Waals surface area contributed by atoms with Crippen molar-refractivity contribution in [1.29, 1.82) is 0 Å². The maximum absolute atomic E-state index is 14.4. The molecule has 3 amide bonds. The van der Waals surface area contributed by atoms with Gasteiger partial charge in [-0.25, -0.2) is 14.4 Å². The number of halogens is 3. The molecule has 1 aromatic heterocycles. The highest BCUT2D eigenvalue weighted by Crippen LogP contribution is 2.56. The summed E-state index contributed by atoms with van der Waals surface area (Å²) in [4.78, 5) is 49.3. The van der Waals surface area contributed by atoms with Crippen molar-refractivity contribution in [3.05, 3.63) is 23.1 Å². The highest BCUT2D eigenvalue weighted by Gasteiger charge is 2.68. The van der Waals surface area contributed by atoms with Crippen LogP contribution < -0.4 is 16.1 Å². The van der Waals surface area contributed by atoms with Gasteiger partial charge in [0.15, 0.2) is 0 Å². The molecule has 3 N–H and O–H groups in total. The third kappa shape index (κ3) is 5.48. The summed E-state index contributed by atoms with van der Waals surface area (Å²) in [7, 11) is 0. The van der Waals surface area contributed by atoms with Crippen LogP contribution in [0.4, 0.5) is 14.7 Å². The molecule has 0 aromatic carbocycles. The topological polar surface area (TPSA) is 122 Å². The normalized spacial score (nSPS) is 35.7. The Balaban J connectivity index is 1.26. The smallest absolute Gasteiger partial charge is 0.257 e. The molecule has 7 unspecified atom stereocenters. The molecule has 5 fully saturated rings. The van der Waals surface area contributed by atoms with Crippen LogP contribution in [-0.4, -0.2) is 118 Å². The minimum atomic E-state index is -0.977. The number of likely N-dealkylation sites (tertiary alicyclic amines) is 1. The van der Waals surface area contributed by atoms with E-state index in [1.54, 1.807) is 0 Å². The van der Waals surface area contributed by atoms with E-state index in [-0.39, 0.29) is 61.0 Å². The largest absolute Gasteiger partial charge is 0.370 e. The lowest BCUT2D eigenvalue weighted by Crippen LogP contribution is -2.68. The van der Waals surface area contributed by atoms with Crippen LogP contribution in [0.2, 0.25) is 5.15 Å². The number of nitrogens with zero attached hydrogens (tertiary/aromatic N) is 5. The number of anilines is 1. The van der Waals surface area contributed by atoms with E-state index >= 15 is 0 Å². The van der Waals surface area contributed by atoms with Crippen LogP contribution >= 0.6 is 11.6 Å². The first-order valence-electron chi connectivity index (χ1n) is 14.6. The molecular formula is C27H37ClF2N8O4. The molecule has 7 atom stereocenters. The second-order valence-electron chi connectivity index (χ2n) is 12.1. The molecule has 15 heteroatoms. The summed E-state index contributed by atoms with van der Waals surface area (Å²) in [5, 5.41) is 8.54. The van der Waals surface area contributed by atoms with Gasteiger partial charge >= 0.3 is 0 Å². The minimum absolute atomic E-state index is 0.0376. The Labute approximate surface area is 247 Å². The number of hydrogen-bond donors (Lipinski definition) is 3. The number of pyridine rings is 1. The van der Waals surface area contributed by atoms with Crippen LogP contribution in [0.15, 0.2) is 12.1 Å². The minimum Gasteiger partial charge on any atom is -0.370 e. The molecule has 5 saturated heterocycles. The number of aromatic nitrogens is 1. The lowest BCUT2D eigenvalue weighted by atomic mass is 9.66. The molecule has 5 aliphatic rings. The quantitative estimate of drug-likeness (QED) is 0.316. The van der Waals surface area contributed by atoms with Crippen molar-refractivity contribution in [2.45, 2.75) is 62.9 Å². The van der Waals surface area contributed by atoms with E-state index in [1.165, 1.54) is 4.90 Å². The van der Waals surface area contributed by atoms with Gasteiger partial charge in [-0.2, -0.15) is 0 Å². The third-order valence-corrected chi connectivity index (χ3v) is 9.80. The second kappa shape index (κ2) is 11.5. The summed E-state index contributed by atoms with van der Waals surface area (Å²) in [6.07, 6.45) is 0.800. The van der Waals surface area contributed by atoms with Gasteiger partial charge in [0, 0.05) is 69.9 Å². The molecule has 0 aliphatic carbocycles. The number of carbonyl (C=O) groups excluding carboxylic acids is 3. The van der Waals surface area contributed by atoms with E-state index in [9.17, 15) is 23.3 Å². The maximum atomic E-state index is 14.4. The van der Waals surface area contributed by atoms with Crippen LogP contribution in [0.1, 0.15) is 33.1 Å². The molecular weight excluding hydrogens is 574 g/mol. The van der Waals surface area contributed by atoms with Crippen LogP contribution in [0.3, 0.4) is 0 Å². The summed E-state index contributed by atoms with van der Waals surface area (Å²) in [6.45, 7) is 6.72. The van der Waals surface area contributed by atoms with Crippen molar-refractivity contribution in [3.63, 3.8) is 0 Å². The first kappa shape index (κ1) is 29.6. The van der Waals surface area contributed by atoms with Gasteiger partial charge in [0.05, 0.1) is 30.2 Å². The Bertz CT molecular complexity index is 1220. The number of piperazine rings is 2. The third-order valence-electron chi connectivity index (χ3n) is 9.60. The highest BCUT2D eigenvalue weighted by molar-refractivity contribution is 6.29. The van der Waals surface area contributed by atoms with Crippen molar-refractivity contribution < 1.29 is 28.0 Å². The molecule has 1 spiro atoms. The summed E-state index contributed by atoms with van der Waals surface area (Å²) >= 11 is 5.88. The van der Waals surface area contributed by atoms with Crippen LogP contribution in [0, 0.1) is 17.7 Å². The molecule has 5 aliphatic heterocycles. The number of nitrogens with one attached hydrogen (secondary N) is 3. The van der Waals surface area contributed by atoms with E-state index in [0.717, 1.165) is 17.3 Å². The first-order valence-corrected chi connectivity index (χ1v) is 15.0. The van der Waals surface area contributed by atoms with Crippen LogP contribution in [-0.2, 0) is 19.1 Å². The average Bonchev–Trinajstić information content (AvgIpc) is 3.50. The molecule has 6 rings (SSSR count). The number of carbonyl (C=O) groups is 3. The monoisotopic (exact) mass is 610 g/mol. The maximum Gasteiger partial charge on any atom is 0.257 e. The Kier molecular flexibility index (Phi) is 8.13. The van der Waals surface area contributed by atoms with E-state index in [4.69, 9.17) is 16.3 Å². The van der Waals surface area contributed by atoms with Gasteiger partial charge in [0.1, 0.15) is 22.8 Å². The fourth-order valence-corrected chi connectivity index (χ4v) is 7.42. The molecule has 1 aromatic rings. The Morgan fingerprint density at radius 1 is 1.19 bits per heavy atom. The van der Waals surface area contributed by atoms with E-state index < -0.39 is 41.3 Å². The Morgan fingerprint density at radius 2 is 1.95 bits per heavy atom. The number of hydrogen-bond acceptors (Lipinski definition) is 9. The average molecular weight is 611 g/mol. The molecule has 0 saturated carbocycles. The summed E-state index contributed by atoms with van der Waals surface area (Å²) in [5.41, 5.74) is 2.08. The lowest BCUT2D eigenvalue weighted by molar-refractivity contribution is -0.168. The molecule has 42 heavy (non-hydrogen) atoms. The number of fused-ring (bicyclic) bond motifs is 1. The van der Waals surface area contributed by atoms with Crippen molar-refractivity contribution in [2.75, 3.05) is 51.3 Å².